The first kappa shape index (κ1) is 13.3. The summed E-state index contributed by atoms with van der Waals surface area (Å²) in [7, 11) is 0. The van der Waals surface area contributed by atoms with Crippen molar-refractivity contribution in [2.45, 2.75) is 40.5 Å². The number of alkyl carbamates (subject to hydrolysis) is 1. The molecule has 0 heterocycles. The molecule has 0 aromatic rings. The zero-order chi connectivity index (χ0) is 11.0. The summed E-state index contributed by atoms with van der Waals surface area (Å²) in [6.45, 7) is 9.53. The van der Waals surface area contributed by atoms with Crippen molar-refractivity contribution in [2.24, 2.45) is 11.8 Å². The zero-order valence-electron chi connectivity index (χ0n) is 9.80. The van der Waals surface area contributed by atoms with Gasteiger partial charge in [-0.1, -0.05) is 40.5 Å². The molecule has 3 nitrogen and oxygen atoms in total. The highest BCUT2D eigenvalue weighted by molar-refractivity contribution is 5.67. The Labute approximate surface area is 87.2 Å². The van der Waals surface area contributed by atoms with Crippen LogP contribution in [0.4, 0.5) is 4.79 Å². The van der Waals surface area contributed by atoms with Gasteiger partial charge in [-0.2, -0.15) is 0 Å². The molecule has 0 saturated carbocycles. The Bertz CT molecular complexity index is 153. The number of carbonyl (C=O) groups excluding carboxylic acids is 1. The third-order valence-electron chi connectivity index (χ3n) is 2.24. The Morgan fingerprint density at radius 1 is 1.29 bits per heavy atom. The molecule has 0 atom stereocenters. The molecule has 0 fully saturated rings. The van der Waals surface area contributed by atoms with Crippen molar-refractivity contribution in [2.75, 3.05) is 13.2 Å². The first-order chi connectivity index (χ1) is 6.60. The fourth-order valence-electron chi connectivity index (χ4n) is 1.10. The van der Waals surface area contributed by atoms with Gasteiger partial charge in [-0.05, 0) is 11.8 Å². The molecule has 1 amide bonds. The summed E-state index contributed by atoms with van der Waals surface area (Å²) in [4.78, 5) is 11.2. The monoisotopic (exact) mass is 201 g/mol. The molecule has 0 spiro atoms. The smallest absolute Gasteiger partial charge is 0.407 e. The van der Waals surface area contributed by atoms with E-state index < -0.39 is 0 Å². The Balaban J connectivity index is 3.52. The molecule has 0 aliphatic rings. The van der Waals surface area contributed by atoms with Crippen LogP contribution in [-0.4, -0.2) is 19.2 Å². The first-order valence-electron chi connectivity index (χ1n) is 5.50. The average Bonchev–Trinajstić information content (AvgIpc) is 2.16. The minimum absolute atomic E-state index is 0.286. The van der Waals surface area contributed by atoms with E-state index in [1.54, 1.807) is 0 Å². The molecule has 0 aliphatic heterocycles. The summed E-state index contributed by atoms with van der Waals surface area (Å²) >= 11 is 0. The van der Waals surface area contributed by atoms with Crippen LogP contribution in [0.15, 0.2) is 0 Å². The molecule has 0 unspecified atom stereocenters. The lowest BCUT2D eigenvalue weighted by Crippen LogP contribution is -2.30. The van der Waals surface area contributed by atoms with Crippen LogP contribution in [0.3, 0.4) is 0 Å². The predicted molar refractivity (Wildman–Crippen MR) is 58.3 cm³/mol. The van der Waals surface area contributed by atoms with Crippen molar-refractivity contribution >= 4 is 6.09 Å². The van der Waals surface area contributed by atoms with Crippen LogP contribution in [0.1, 0.15) is 40.5 Å². The van der Waals surface area contributed by atoms with Gasteiger partial charge in [0.25, 0.3) is 0 Å². The first-order valence-corrected chi connectivity index (χ1v) is 5.50. The molecule has 3 heteroatoms. The number of ether oxygens (including phenoxy) is 1. The fourth-order valence-corrected chi connectivity index (χ4v) is 1.10. The van der Waals surface area contributed by atoms with Crippen molar-refractivity contribution in [1.29, 1.82) is 0 Å². The largest absolute Gasteiger partial charge is 0.449 e. The highest BCUT2D eigenvalue weighted by Crippen LogP contribution is 2.05. The van der Waals surface area contributed by atoms with E-state index >= 15 is 0 Å². The molecule has 1 N–H and O–H groups in total. The normalized spacial score (nSPS) is 10.7. The Hall–Kier alpha value is -0.730. The summed E-state index contributed by atoms with van der Waals surface area (Å²) in [5, 5.41) is 2.78. The van der Waals surface area contributed by atoms with Crippen LogP contribution in [0.5, 0.6) is 0 Å². The number of hydrogen-bond acceptors (Lipinski definition) is 2. The fraction of sp³-hybridized carbons (Fsp3) is 0.909. The summed E-state index contributed by atoms with van der Waals surface area (Å²) in [5.74, 6) is 0.968. The van der Waals surface area contributed by atoms with E-state index in [-0.39, 0.29) is 6.09 Å². The van der Waals surface area contributed by atoms with Gasteiger partial charge in [0.05, 0.1) is 6.61 Å². The number of hydrogen-bond donors (Lipinski definition) is 1. The number of rotatable bonds is 6. The molecule has 84 valence electrons. The van der Waals surface area contributed by atoms with Crippen LogP contribution in [0.2, 0.25) is 0 Å². The van der Waals surface area contributed by atoms with E-state index in [1.807, 2.05) is 13.8 Å². The van der Waals surface area contributed by atoms with Crippen molar-refractivity contribution < 1.29 is 9.53 Å². The van der Waals surface area contributed by atoms with Gasteiger partial charge in [-0.3, -0.25) is 0 Å². The van der Waals surface area contributed by atoms with Gasteiger partial charge in [0.15, 0.2) is 0 Å². The van der Waals surface area contributed by atoms with Gasteiger partial charge in [-0.25, -0.2) is 4.79 Å². The third-order valence-corrected chi connectivity index (χ3v) is 2.24. The molecular weight excluding hydrogens is 178 g/mol. The lowest BCUT2D eigenvalue weighted by atomic mass is 10.0. The number of carbonyl (C=O) groups is 1. The number of nitrogens with one attached hydrogen (secondary N) is 1. The standard InChI is InChI=1S/C11H23NO2/c1-5-10(6-2)7-12-11(13)14-8-9(3)4/h9-10H,5-8H2,1-4H3,(H,12,13). The summed E-state index contributed by atoms with van der Waals surface area (Å²) in [5.41, 5.74) is 0. The lowest BCUT2D eigenvalue weighted by Gasteiger charge is -2.13. The van der Waals surface area contributed by atoms with E-state index in [2.05, 4.69) is 19.2 Å². The van der Waals surface area contributed by atoms with Gasteiger partial charge in [0.2, 0.25) is 0 Å². The third kappa shape index (κ3) is 6.75. The second-order valence-electron chi connectivity index (χ2n) is 4.06. The summed E-state index contributed by atoms with van der Waals surface area (Å²) in [6, 6.07) is 0. The quantitative estimate of drug-likeness (QED) is 0.717. The highest BCUT2D eigenvalue weighted by atomic mass is 16.5. The van der Waals surface area contributed by atoms with Crippen LogP contribution < -0.4 is 5.32 Å². The SMILES string of the molecule is CCC(CC)CNC(=O)OCC(C)C. The van der Waals surface area contributed by atoms with Crippen molar-refractivity contribution in [3.63, 3.8) is 0 Å². The second-order valence-corrected chi connectivity index (χ2v) is 4.06. The van der Waals surface area contributed by atoms with Crippen molar-refractivity contribution in [1.82, 2.24) is 5.32 Å². The van der Waals surface area contributed by atoms with E-state index in [1.165, 1.54) is 0 Å². The Morgan fingerprint density at radius 3 is 2.29 bits per heavy atom. The van der Waals surface area contributed by atoms with Crippen LogP contribution in [-0.2, 0) is 4.74 Å². The Morgan fingerprint density at radius 2 is 1.86 bits per heavy atom. The maximum Gasteiger partial charge on any atom is 0.407 e. The predicted octanol–water partition coefficient (Wildman–Crippen LogP) is 2.80. The molecular formula is C11H23NO2. The molecule has 0 aliphatic carbocycles. The molecule has 0 saturated heterocycles. The summed E-state index contributed by atoms with van der Waals surface area (Å²) < 4.78 is 4.99. The molecule has 0 bridgehead atoms. The molecule has 0 aromatic carbocycles. The van der Waals surface area contributed by atoms with E-state index in [9.17, 15) is 4.79 Å². The van der Waals surface area contributed by atoms with Gasteiger partial charge in [0.1, 0.15) is 0 Å². The topological polar surface area (TPSA) is 38.3 Å². The lowest BCUT2D eigenvalue weighted by molar-refractivity contribution is 0.131. The average molecular weight is 201 g/mol. The summed E-state index contributed by atoms with van der Waals surface area (Å²) in [6.07, 6.45) is 1.91. The van der Waals surface area contributed by atoms with E-state index in [0.29, 0.717) is 18.4 Å². The van der Waals surface area contributed by atoms with Crippen LogP contribution in [0.25, 0.3) is 0 Å². The number of amides is 1. The maximum atomic E-state index is 11.2. The van der Waals surface area contributed by atoms with Crippen molar-refractivity contribution in [3.8, 4) is 0 Å². The van der Waals surface area contributed by atoms with E-state index in [4.69, 9.17) is 4.74 Å². The van der Waals surface area contributed by atoms with Crippen LogP contribution >= 0.6 is 0 Å². The Kier molecular flexibility index (Phi) is 7.25. The second kappa shape index (κ2) is 7.65. The van der Waals surface area contributed by atoms with E-state index in [0.717, 1.165) is 19.4 Å². The minimum atomic E-state index is -0.286. The van der Waals surface area contributed by atoms with Gasteiger partial charge in [0, 0.05) is 6.54 Å². The highest BCUT2D eigenvalue weighted by Gasteiger charge is 2.07. The minimum Gasteiger partial charge on any atom is -0.449 e. The molecule has 14 heavy (non-hydrogen) atoms. The van der Waals surface area contributed by atoms with Crippen LogP contribution in [0, 0.1) is 11.8 Å². The van der Waals surface area contributed by atoms with Gasteiger partial charge in [-0.15, -0.1) is 0 Å². The molecule has 0 rings (SSSR count). The zero-order valence-corrected chi connectivity index (χ0v) is 9.80. The van der Waals surface area contributed by atoms with Gasteiger partial charge >= 0.3 is 6.09 Å². The molecule has 0 radical (unpaired) electrons. The maximum absolute atomic E-state index is 11.2. The van der Waals surface area contributed by atoms with Gasteiger partial charge < -0.3 is 10.1 Å². The van der Waals surface area contributed by atoms with Crippen molar-refractivity contribution in [3.05, 3.63) is 0 Å². The molecule has 0 aromatic heterocycles.